The second-order valence-electron chi connectivity index (χ2n) is 26.2. The maximum absolute atomic E-state index is 13.2. The Morgan fingerprint density at radius 2 is 0.688 bits per heavy atom. The molecule has 24 nitrogen and oxygen atoms in total. The number of hydrogen-bond donors (Lipinski definition) is 6. The molecule has 0 bridgehead atoms. The summed E-state index contributed by atoms with van der Waals surface area (Å²) in [6.07, 6.45) is 8.73. The Hall–Kier alpha value is -8.93. The van der Waals surface area contributed by atoms with Crippen molar-refractivity contribution in [3.05, 3.63) is 236 Å². The number of para-hydroxylation sites is 4. The number of nitrogens with two attached hydrogens (primary N) is 1. The summed E-state index contributed by atoms with van der Waals surface area (Å²) >= 11 is 3.41. The van der Waals surface area contributed by atoms with Crippen molar-refractivity contribution >= 4 is 103 Å². The van der Waals surface area contributed by atoms with Gasteiger partial charge in [-0.2, -0.15) is 19.2 Å². The number of benzene rings is 8. The minimum Gasteiger partial charge on any atom is -1.00 e. The number of rotatable bonds is 20. The fraction of sp³-hybridized carbons (Fsp3) is 0.342. The molecular formula is C79H94BrClN8O16S4. The van der Waals surface area contributed by atoms with Gasteiger partial charge in [0.15, 0.2) is 0 Å². The monoisotopic (exact) mass is 1650 g/mol. The molecule has 30 heteroatoms. The van der Waals surface area contributed by atoms with Crippen LogP contribution in [0.2, 0.25) is 0 Å². The van der Waals surface area contributed by atoms with Gasteiger partial charge in [0.05, 0.1) is 73.4 Å². The van der Waals surface area contributed by atoms with Crippen LogP contribution in [-0.4, -0.2) is 122 Å². The average molecular weight is 1660 g/mol. The molecular weight excluding hydrogens is 1560 g/mol. The molecule has 7 N–H and O–H groups in total. The van der Waals surface area contributed by atoms with Gasteiger partial charge in [0.25, 0.3) is 40.1 Å². The van der Waals surface area contributed by atoms with Crippen molar-refractivity contribution in [1.82, 2.24) is 16.0 Å². The topological polar surface area (TPSA) is 345 Å². The van der Waals surface area contributed by atoms with Crippen LogP contribution in [0.1, 0.15) is 163 Å². The van der Waals surface area contributed by atoms with E-state index in [2.05, 4.69) is 45.7 Å². The summed E-state index contributed by atoms with van der Waals surface area (Å²) in [5, 5.41) is 30.2. The number of halogens is 2. The number of carbonyl (C=O) groups is 2. The van der Waals surface area contributed by atoms with E-state index in [4.69, 9.17) is 29.4 Å². The number of carbonyl (C=O) groups excluding carboxylic acids is 4. The van der Waals surface area contributed by atoms with Crippen molar-refractivity contribution < 1.29 is 90.4 Å². The van der Waals surface area contributed by atoms with Crippen LogP contribution < -0.4 is 50.9 Å². The first-order valence-corrected chi connectivity index (χ1v) is 41.8. The lowest BCUT2D eigenvalue weighted by Crippen LogP contribution is -3.00. The zero-order valence-electron chi connectivity index (χ0n) is 62.2. The van der Waals surface area contributed by atoms with E-state index in [-0.39, 0.29) is 66.6 Å². The second kappa shape index (κ2) is 40.7. The Bertz CT molecular complexity index is 4890. The van der Waals surface area contributed by atoms with E-state index >= 15 is 0 Å². The summed E-state index contributed by atoms with van der Waals surface area (Å²) in [5.74, 6) is -1.67. The fourth-order valence-corrected chi connectivity index (χ4v) is 20.0. The van der Waals surface area contributed by atoms with E-state index < -0.39 is 52.0 Å². The van der Waals surface area contributed by atoms with Crippen molar-refractivity contribution in [2.75, 3.05) is 71.6 Å². The number of sulfonamides is 4. The molecule has 0 aliphatic carbocycles. The molecule has 8 aromatic rings. The summed E-state index contributed by atoms with van der Waals surface area (Å²) in [5.41, 5.74) is 12.2. The van der Waals surface area contributed by atoms with E-state index in [9.17, 15) is 43.3 Å². The van der Waals surface area contributed by atoms with Gasteiger partial charge < -0.3 is 43.9 Å². The minimum absolute atomic E-state index is 0. The Labute approximate surface area is 654 Å². The third kappa shape index (κ3) is 21.4. The van der Waals surface area contributed by atoms with Crippen molar-refractivity contribution in [3.8, 4) is 0 Å². The SMILES string of the molecule is CCCCCNC1c2ccccc2N(C)S(=O)(=O)c2cc(Br)ccc21.CCCCCNC1c2ccccc2N(C)S(=O)(=O)c2cc(C)ccc21.Cc1ccc2c(c1)S(=O)(=O)N(C)c1ccccc1C2NCCCCC(=O)O.Cc1ccc2c(c1)S(=O)(=O)N(C)c1ccccc1C2[NH2+]CCC(=O)O.O=C=O.O=C=O.[Cl-]. The number of carboxylic acid groups (broad SMARTS) is 2. The summed E-state index contributed by atoms with van der Waals surface area (Å²) in [7, 11) is -8.10. The normalized spacial score (nSPS) is 17.1. The standard InChI is InChI=1S/C20H24N2O4S.C20H26N2O2S.C19H23BrN2O2S.C18H20N2O4S.2CO2.ClH/c1-14-10-11-16-18(13-14)27(25,26)22(2)17-8-4-3-7-15(17)20(16)21-12-6-5-9-19(23)24;1-4-5-8-13-21-20-16-9-6-7-10-18(16)22(3)25(23,24)19-14-15(2)11-12-17(19)20;1-3-4-7-12-21-19-15-8-5-6-9-17(15)22(2)25(23,24)18-13-14(20)10-11-16(18)19;1-12-7-8-14-16(11-12)25(23,24)20(2)15-6-4-3-5-13(15)18(14)19-10-9-17(21)22;2*2-1-3;/h3-4,7-8,10-11,13,20-21H,5-6,9,12H2,1-2H3,(H,23,24);6-7,9-12,14,20-21H,4-5,8,13H2,1-3H3;5-6,8-11,13,19,21H,3-4,7,12H2,1-2H3;3-8,11,18-19H,9-10H2,1-2H3,(H,21,22);;;1H. The lowest BCUT2D eigenvalue weighted by molar-refractivity contribution is -0.686. The first kappa shape index (κ1) is 89.0. The number of fused-ring (bicyclic) bond motifs is 8. The molecule has 4 aliphatic rings. The molecule has 4 aliphatic heterocycles. The lowest BCUT2D eigenvalue weighted by atomic mass is 9.96. The number of quaternary nitrogens is 1. The third-order valence-electron chi connectivity index (χ3n) is 18.9. The quantitative estimate of drug-likeness (QED) is 0.0389. The molecule has 0 fully saturated rings. The predicted molar refractivity (Wildman–Crippen MR) is 417 cm³/mol. The molecule has 4 heterocycles. The Balaban J connectivity index is 0.000000221. The number of anilines is 4. The molecule has 4 atom stereocenters. The third-order valence-corrected chi connectivity index (χ3v) is 26.7. The summed E-state index contributed by atoms with van der Waals surface area (Å²) < 4.78 is 111. The largest absolute Gasteiger partial charge is 1.00 e. The Kier molecular flexibility index (Phi) is 33.2. The second-order valence-corrected chi connectivity index (χ2v) is 34.8. The number of unbranched alkanes of at least 4 members (excludes halogenated alkanes) is 5. The molecule has 0 saturated carbocycles. The van der Waals surface area contributed by atoms with E-state index in [1.165, 1.54) is 23.6 Å². The zero-order valence-corrected chi connectivity index (χ0v) is 67.8. The Morgan fingerprint density at radius 3 is 1.03 bits per heavy atom. The molecule has 584 valence electrons. The van der Waals surface area contributed by atoms with Gasteiger partial charge in [-0.3, -0.25) is 26.8 Å². The highest BCUT2D eigenvalue weighted by molar-refractivity contribution is 9.10. The highest BCUT2D eigenvalue weighted by Crippen LogP contribution is 2.45. The van der Waals surface area contributed by atoms with Crippen LogP contribution in [0.25, 0.3) is 0 Å². The van der Waals surface area contributed by atoms with Gasteiger partial charge >= 0.3 is 24.2 Å². The minimum atomic E-state index is -3.67. The molecule has 0 radical (unpaired) electrons. The van der Waals surface area contributed by atoms with Crippen LogP contribution in [0.4, 0.5) is 22.7 Å². The zero-order chi connectivity index (χ0) is 79.3. The molecule has 12 rings (SSSR count). The smallest absolute Gasteiger partial charge is 0.373 e. The van der Waals surface area contributed by atoms with Crippen LogP contribution in [0.3, 0.4) is 0 Å². The number of nitrogens with zero attached hydrogens (tertiary/aromatic N) is 4. The van der Waals surface area contributed by atoms with Gasteiger partial charge in [-0.25, -0.2) is 33.7 Å². The van der Waals surface area contributed by atoms with Crippen molar-refractivity contribution in [2.45, 2.75) is 143 Å². The van der Waals surface area contributed by atoms with Gasteiger partial charge in [0.2, 0.25) is 0 Å². The summed E-state index contributed by atoms with van der Waals surface area (Å²) in [4.78, 5) is 55.4. The highest BCUT2D eigenvalue weighted by Gasteiger charge is 2.40. The summed E-state index contributed by atoms with van der Waals surface area (Å²) in [6, 6.07) is 51.7. The van der Waals surface area contributed by atoms with E-state index in [1.54, 1.807) is 64.6 Å². The van der Waals surface area contributed by atoms with Gasteiger partial charge in [-0.15, -0.1) is 0 Å². The van der Waals surface area contributed by atoms with Gasteiger partial charge in [-0.05, 0) is 171 Å². The lowest BCUT2D eigenvalue weighted by Gasteiger charge is -2.22. The average Bonchev–Trinajstić information content (AvgIpc) is 1.64. The molecule has 8 aromatic carbocycles. The first-order chi connectivity index (χ1) is 51.4. The molecule has 0 saturated heterocycles. The molecule has 4 unspecified atom stereocenters. The number of nitrogens with one attached hydrogen (secondary N) is 3. The van der Waals surface area contributed by atoms with Gasteiger partial charge in [0.1, 0.15) is 6.04 Å². The van der Waals surface area contributed by atoms with Gasteiger partial charge in [-0.1, -0.05) is 171 Å². The first-order valence-electron chi connectivity index (χ1n) is 35.3. The van der Waals surface area contributed by atoms with Crippen molar-refractivity contribution in [2.24, 2.45) is 0 Å². The van der Waals surface area contributed by atoms with Crippen LogP contribution in [0.5, 0.6) is 0 Å². The van der Waals surface area contributed by atoms with Crippen molar-refractivity contribution in [1.29, 1.82) is 0 Å². The number of aryl methyl sites for hydroxylation is 3. The maximum atomic E-state index is 13.2. The highest BCUT2D eigenvalue weighted by atomic mass is 79.9. The summed E-state index contributed by atoms with van der Waals surface area (Å²) in [6.45, 7) is 12.7. The van der Waals surface area contributed by atoms with E-state index in [1.807, 2.05) is 160 Å². The number of aliphatic carboxylic acids is 2. The van der Waals surface area contributed by atoms with Crippen LogP contribution in [0, 0.1) is 20.8 Å². The number of carboxylic acids is 2. The van der Waals surface area contributed by atoms with Crippen molar-refractivity contribution in [3.63, 3.8) is 0 Å². The predicted octanol–water partition coefficient (Wildman–Crippen LogP) is 8.62. The van der Waals surface area contributed by atoms with Crippen LogP contribution in [-0.2, 0) is 68.9 Å². The molecule has 0 spiro atoms. The molecule has 0 aromatic heterocycles. The number of hydrogen-bond acceptors (Lipinski definition) is 17. The van der Waals surface area contributed by atoms with E-state index in [0.717, 1.165) is 117 Å². The van der Waals surface area contributed by atoms with E-state index in [0.29, 0.717) is 57.6 Å². The van der Waals surface area contributed by atoms with Crippen LogP contribution >= 0.6 is 15.9 Å². The molecule has 109 heavy (non-hydrogen) atoms. The fourth-order valence-electron chi connectivity index (χ4n) is 13.3. The Morgan fingerprint density at radius 1 is 0.404 bits per heavy atom. The maximum Gasteiger partial charge on any atom is 0.373 e. The van der Waals surface area contributed by atoms with Gasteiger partial charge in [0, 0.05) is 50.2 Å². The van der Waals surface area contributed by atoms with Crippen LogP contribution in [0.15, 0.2) is 194 Å². The molecule has 0 amide bonds.